The van der Waals surface area contributed by atoms with Crippen molar-refractivity contribution >= 4 is 17.5 Å². The van der Waals surface area contributed by atoms with Gasteiger partial charge in [-0.25, -0.2) is 0 Å². The third kappa shape index (κ3) is 4.84. The van der Waals surface area contributed by atoms with E-state index in [1.165, 1.54) is 4.90 Å². The van der Waals surface area contributed by atoms with Crippen molar-refractivity contribution in [2.24, 2.45) is 18.9 Å². The second kappa shape index (κ2) is 10.1. The Balaban J connectivity index is 1.79. The molecule has 0 spiro atoms. The van der Waals surface area contributed by atoms with Crippen LogP contribution < -0.4 is 0 Å². The van der Waals surface area contributed by atoms with Gasteiger partial charge in [-0.2, -0.15) is 5.10 Å². The zero-order valence-corrected chi connectivity index (χ0v) is 19.8. The number of rotatable bonds is 7. The third-order valence-electron chi connectivity index (χ3n) is 6.62. The van der Waals surface area contributed by atoms with Crippen LogP contribution in [0.2, 0.25) is 0 Å². The zero-order valence-electron chi connectivity index (χ0n) is 19.8. The number of amides is 1. The lowest BCUT2D eigenvalue weighted by Gasteiger charge is -2.42. The Morgan fingerprint density at radius 3 is 1.76 bits per heavy atom. The fourth-order valence-electron chi connectivity index (χ4n) is 4.85. The summed E-state index contributed by atoms with van der Waals surface area (Å²) in [5.74, 6) is -1.48. The summed E-state index contributed by atoms with van der Waals surface area (Å²) < 4.78 is 1.75. The second-order valence-electron chi connectivity index (χ2n) is 9.06. The molecule has 176 valence electrons. The highest BCUT2D eigenvalue weighted by Gasteiger charge is 2.46. The molecule has 1 amide bonds. The van der Waals surface area contributed by atoms with Crippen LogP contribution >= 0.6 is 0 Å². The monoisotopic (exact) mass is 458 g/mol. The number of carbonyl (C=O) groups is 3. The molecule has 34 heavy (non-hydrogen) atoms. The maximum atomic E-state index is 13.8. The van der Waals surface area contributed by atoms with Gasteiger partial charge in [-0.1, -0.05) is 60.7 Å². The number of piperidine rings is 1. The lowest BCUT2D eigenvalue weighted by Crippen LogP contribution is -2.53. The summed E-state index contributed by atoms with van der Waals surface area (Å²) in [5, 5.41) is 4.34. The first-order chi connectivity index (χ1) is 16.4. The maximum Gasteiger partial charge on any atom is 0.236 e. The van der Waals surface area contributed by atoms with E-state index in [1.807, 2.05) is 54.4 Å². The summed E-state index contributed by atoms with van der Waals surface area (Å²) in [6.45, 7) is 0.936. The molecular formula is C27H30N4O3. The Morgan fingerprint density at radius 2 is 1.35 bits per heavy atom. The molecule has 0 bridgehead atoms. The Morgan fingerprint density at radius 1 is 0.853 bits per heavy atom. The molecule has 4 rings (SSSR count). The molecule has 0 aliphatic carbocycles. The van der Waals surface area contributed by atoms with Gasteiger partial charge in [-0.05, 0) is 6.07 Å². The van der Waals surface area contributed by atoms with E-state index in [4.69, 9.17) is 0 Å². The van der Waals surface area contributed by atoms with Crippen molar-refractivity contribution in [1.82, 2.24) is 19.6 Å². The minimum absolute atomic E-state index is 0.0281. The van der Waals surface area contributed by atoms with Gasteiger partial charge in [0.25, 0.3) is 0 Å². The van der Waals surface area contributed by atoms with Gasteiger partial charge in [0.1, 0.15) is 0 Å². The Bertz CT molecular complexity index is 1100. The molecule has 2 heterocycles. The molecule has 1 fully saturated rings. The molecule has 2 atom stereocenters. The van der Waals surface area contributed by atoms with Gasteiger partial charge in [0.2, 0.25) is 5.91 Å². The van der Waals surface area contributed by atoms with Crippen molar-refractivity contribution in [3.8, 4) is 0 Å². The molecule has 7 heteroatoms. The van der Waals surface area contributed by atoms with Gasteiger partial charge in [0.05, 0.1) is 6.54 Å². The van der Waals surface area contributed by atoms with Crippen LogP contribution in [0.5, 0.6) is 0 Å². The van der Waals surface area contributed by atoms with Crippen molar-refractivity contribution in [3.63, 3.8) is 0 Å². The summed E-state index contributed by atoms with van der Waals surface area (Å²) in [6, 6.07) is 20.2. The highest BCUT2D eigenvalue weighted by atomic mass is 16.2. The Kier molecular flexibility index (Phi) is 7.03. The minimum Gasteiger partial charge on any atom is -0.348 e. The molecule has 1 aliphatic heterocycles. The average Bonchev–Trinajstić information content (AvgIpc) is 3.28. The van der Waals surface area contributed by atoms with E-state index in [-0.39, 0.29) is 29.9 Å². The van der Waals surface area contributed by atoms with Crippen molar-refractivity contribution in [3.05, 3.63) is 89.7 Å². The molecule has 0 saturated carbocycles. The quantitative estimate of drug-likeness (QED) is 0.509. The Hall–Kier alpha value is -3.58. The standard InChI is InChI=1S/C27H30N4O3/c1-29(2)24(32)18-31-16-21(26(33)19-10-6-4-7-11-19)25(23-14-15-28-30(23)3)22(17-31)27(34)20-12-8-5-9-13-20/h4-15,21-22,25H,16-18H2,1-3H3/t21-,22-/m0/s1. The van der Waals surface area contributed by atoms with Gasteiger partial charge < -0.3 is 4.90 Å². The van der Waals surface area contributed by atoms with Crippen LogP contribution in [0.1, 0.15) is 32.3 Å². The molecule has 1 aromatic heterocycles. The van der Waals surface area contributed by atoms with E-state index in [2.05, 4.69) is 5.10 Å². The van der Waals surface area contributed by atoms with Crippen LogP contribution in [-0.2, 0) is 11.8 Å². The highest BCUT2D eigenvalue weighted by molar-refractivity contribution is 6.02. The van der Waals surface area contributed by atoms with Crippen molar-refractivity contribution in [2.45, 2.75) is 5.92 Å². The van der Waals surface area contributed by atoms with Gasteiger partial charge in [-0.15, -0.1) is 0 Å². The van der Waals surface area contributed by atoms with E-state index < -0.39 is 11.8 Å². The number of carbonyl (C=O) groups excluding carboxylic acids is 3. The molecule has 7 nitrogen and oxygen atoms in total. The highest BCUT2D eigenvalue weighted by Crippen LogP contribution is 2.40. The molecule has 1 saturated heterocycles. The summed E-state index contributed by atoms with van der Waals surface area (Å²) in [7, 11) is 5.26. The molecule has 3 aromatic rings. The van der Waals surface area contributed by atoms with E-state index in [0.29, 0.717) is 24.2 Å². The number of hydrogen-bond acceptors (Lipinski definition) is 5. The first-order valence-corrected chi connectivity index (χ1v) is 11.5. The number of likely N-dealkylation sites (tertiary alicyclic amines) is 1. The first kappa shape index (κ1) is 23.6. The van der Waals surface area contributed by atoms with Gasteiger partial charge in [0, 0.05) is 75.0 Å². The number of Topliss-reactive ketones (excluding diaryl/α,β-unsaturated/α-hetero) is 2. The predicted molar refractivity (Wildman–Crippen MR) is 130 cm³/mol. The second-order valence-corrected chi connectivity index (χ2v) is 9.06. The molecule has 2 aromatic carbocycles. The molecular weight excluding hydrogens is 428 g/mol. The Labute approximate surface area is 200 Å². The molecule has 0 radical (unpaired) electrons. The third-order valence-corrected chi connectivity index (χ3v) is 6.62. The average molecular weight is 459 g/mol. The predicted octanol–water partition coefficient (Wildman–Crippen LogP) is 2.91. The first-order valence-electron chi connectivity index (χ1n) is 11.5. The van der Waals surface area contributed by atoms with E-state index in [0.717, 1.165) is 5.69 Å². The van der Waals surface area contributed by atoms with Crippen molar-refractivity contribution < 1.29 is 14.4 Å². The zero-order chi connectivity index (χ0) is 24.2. The molecule has 0 N–H and O–H groups in total. The normalized spacial score (nSPS) is 19.0. The van der Waals surface area contributed by atoms with E-state index in [1.54, 1.807) is 49.2 Å². The fraction of sp³-hybridized carbons (Fsp3) is 0.333. The molecule has 0 unspecified atom stereocenters. The summed E-state index contributed by atoms with van der Waals surface area (Å²) >= 11 is 0. The number of aromatic nitrogens is 2. The lowest BCUT2D eigenvalue weighted by molar-refractivity contribution is -0.130. The van der Waals surface area contributed by atoms with E-state index >= 15 is 0 Å². The van der Waals surface area contributed by atoms with Crippen LogP contribution in [0.25, 0.3) is 0 Å². The van der Waals surface area contributed by atoms with Crippen molar-refractivity contribution in [2.75, 3.05) is 33.7 Å². The van der Waals surface area contributed by atoms with Crippen LogP contribution in [0, 0.1) is 11.8 Å². The number of hydrogen-bond donors (Lipinski definition) is 0. The van der Waals surface area contributed by atoms with Crippen LogP contribution in [-0.4, -0.2) is 70.8 Å². The maximum absolute atomic E-state index is 13.8. The number of likely N-dealkylation sites (N-methyl/N-ethyl adjacent to an activating group) is 1. The molecule has 1 aliphatic rings. The smallest absolute Gasteiger partial charge is 0.236 e. The van der Waals surface area contributed by atoms with Gasteiger partial charge in [0.15, 0.2) is 11.6 Å². The van der Waals surface area contributed by atoms with E-state index in [9.17, 15) is 14.4 Å². The largest absolute Gasteiger partial charge is 0.348 e. The summed E-state index contributed by atoms with van der Waals surface area (Å²) in [5.41, 5.74) is 2.06. The summed E-state index contributed by atoms with van der Waals surface area (Å²) in [6.07, 6.45) is 1.70. The van der Waals surface area contributed by atoms with Gasteiger partial charge >= 0.3 is 0 Å². The summed E-state index contributed by atoms with van der Waals surface area (Å²) in [4.78, 5) is 43.7. The fourth-order valence-corrected chi connectivity index (χ4v) is 4.85. The minimum atomic E-state index is -0.501. The SMILES string of the molecule is CN(C)C(=O)CN1C[C@H](C(=O)c2ccccc2)C(c2ccnn2C)[C@@H](C(=O)c2ccccc2)C1. The van der Waals surface area contributed by atoms with Crippen LogP contribution in [0.15, 0.2) is 72.9 Å². The number of benzene rings is 2. The number of nitrogens with zero attached hydrogens (tertiary/aromatic N) is 4. The van der Waals surface area contributed by atoms with Crippen molar-refractivity contribution in [1.29, 1.82) is 0 Å². The van der Waals surface area contributed by atoms with Crippen LogP contribution in [0.4, 0.5) is 0 Å². The lowest BCUT2D eigenvalue weighted by atomic mass is 9.70. The number of ketones is 2. The topological polar surface area (TPSA) is 75.5 Å². The number of aryl methyl sites for hydroxylation is 1. The van der Waals surface area contributed by atoms with Crippen LogP contribution in [0.3, 0.4) is 0 Å². The van der Waals surface area contributed by atoms with Gasteiger partial charge in [-0.3, -0.25) is 24.0 Å².